The van der Waals surface area contributed by atoms with Crippen molar-refractivity contribution in [2.45, 2.75) is 18.9 Å². The van der Waals surface area contributed by atoms with Gasteiger partial charge in [-0.2, -0.15) is 5.10 Å². The second-order valence-corrected chi connectivity index (χ2v) is 9.23. The lowest BCUT2D eigenvalue weighted by atomic mass is 10.1. The highest BCUT2D eigenvalue weighted by Gasteiger charge is 2.35. The molecule has 4 heterocycles. The number of rotatable bonds is 10. The number of hydrogen-bond donors (Lipinski definition) is 1. The maximum Gasteiger partial charge on any atom is 0.257 e. The van der Waals surface area contributed by atoms with Crippen molar-refractivity contribution in [1.29, 1.82) is 0 Å². The molecule has 0 radical (unpaired) electrons. The number of carbonyl (C=O) groups excluding carboxylic acids is 2. The van der Waals surface area contributed by atoms with Crippen LogP contribution in [0.25, 0.3) is 0 Å². The summed E-state index contributed by atoms with van der Waals surface area (Å²) >= 11 is 1.64. The number of thiophene rings is 1. The van der Waals surface area contributed by atoms with Gasteiger partial charge in [-0.15, -0.1) is 11.3 Å². The molecule has 178 valence electrons. The number of nitrogens with one attached hydrogen (secondary N) is 1. The molecule has 0 spiro atoms. The Balaban J connectivity index is 1.28. The Morgan fingerprint density at radius 1 is 1.18 bits per heavy atom. The van der Waals surface area contributed by atoms with Crippen LogP contribution in [-0.4, -0.2) is 91.9 Å². The molecule has 1 atom stereocenters. The van der Waals surface area contributed by atoms with Gasteiger partial charge in [-0.05, 0) is 30.0 Å². The maximum atomic E-state index is 13.2. The Morgan fingerprint density at radius 2 is 1.97 bits per heavy atom. The molecule has 1 fully saturated rings. The van der Waals surface area contributed by atoms with Gasteiger partial charge < -0.3 is 14.5 Å². The van der Waals surface area contributed by atoms with E-state index in [1.165, 1.54) is 0 Å². The van der Waals surface area contributed by atoms with Crippen LogP contribution in [0.1, 0.15) is 29.5 Å². The lowest BCUT2D eigenvalue weighted by Gasteiger charge is -2.34. The molecule has 1 N–H and O–H groups in total. The van der Waals surface area contributed by atoms with Gasteiger partial charge in [0.05, 0.1) is 25.4 Å². The molecule has 0 aromatic carbocycles. The molecule has 9 nitrogen and oxygen atoms in total. The minimum Gasteiger partial charge on any atom is -0.463 e. The fourth-order valence-electron chi connectivity index (χ4n) is 4.11. The minimum atomic E-state index is -0.0966. The first kappa shape index (κ1) is 23.6. The number of ether oxygens (including phenoxy) is 1. The van der Waals surface area contributed by atoms with E-state index in [9.17, 15) is 9.59 Å². The standard InChI is InChI=1S/C23H31N5O4S/c1-31-12-4-7-24-22(29)16-26-8-10-27(11-9-26)17-23(30)28-19(21-6-3-14-33-21)15-18(25-28)20-5-2-13-32-20/h2-3,5-6,13-14,19H,4,7-12,15-17H2,1H3,(H,24,29). The van der Waals surface area contributed by atoms with Gasteiger partial charge in [-0.3, -0.25) is 19.4 Å². The number of nitrogens with zero attached hydrogens (tertiary/aromatic N) is 4. The summed E-state index contributed by atoms with van der Waals surface area (Å²) in [6.45, 7) is 4.98. The van der Waals surface area contributed by atoms with Gasteiger partial charge in [0.15, 0.2) is 0 Å². The van der Waals surface area contributed by atoms with Gasteiger partial charge in [0, 0.05) is 57.7 Å². The molecule has 2 aromatic rings. The van der Waals surface area contributed by atoms with Gasteiger partial charge in [0.25, 0.3) is 5.91 Å². The Hall–Kier alpha value is -2.53. The van der Waals surface area contributed by atoms with Crippen molar-refractivity contribution in [3.8, 4) is 0 Å². The lowest BCUT2D eigenvalue weighted by Crippen LogP contribution is -2.51. The number of piperazine rings is 1. The highest BCUT2D eigenvalue weighted by atomic mass is 32.1. The zero-order valence-electron chi connectivity index (χ0n) is 18.9. The normalized spacial score (nSPS) is 19.6. The Bertz CT molecular complexity index is 923. The number of methoxy groups -OCH3 is 1. The van der Waals surface area contributed by atoms with E-state index in [4.69, 9.17) is 9.15 Å². The number of furan rings is 1. The van der Waals surface area contributed by atoms with E-state index >= 15 is 0 Å². The van der Waals surface area contributed by atoms with Gasteiger partial charge in [-0.25, -0.2) is 5.01 Å². The van der Waals surface area contributed by atoms with Crippen molar-refractivity contribution in [2.24, 2.45) is 5.10 Å². The predicted molar refractivity (Wildman–Crippen MR) is 126 cm³/mol. The topological polar surface area (TPSA) is 90.6 Å². The number of carbonyl (C=O) groups is 2. The number of hydrogen-bond acceptors (Lipinski definition) is 8. The highest BCUT2D eigenvalue weighted by Crippen LogP contribution is 2.35. The summed E-state index contributed by atoms with van der Waals surface area (Å²) in [6.07, 6.45) is 3.08. The first-order chi connectivity index (χ1) is 16.1. The van der Waals surface area contributed by atoms with Gasteiger partial charge in [0.1, 0.15) is 11.5 Å². The largest absolute Gasteiger partial charge is 0.463 e. The summed E-state index contributed by atoms with van der Waals surface area (Å²) in [5, 5.41) is 11.2. The molecule has 10 heteroatoms. The summed E-state index contributed by atoms with van der Waals surface area (Å²) in [6, 6.07) is 7.67. The highest BCUT2D eigenvalue weighted by molar-refractivity contribution is 7.10. The van der Waals surface area contributed by atoms with Gasteiger partial charge in [-0.1, -0.05) is 6.07 Å². The molecule has 1 unspecified atom stereocenters. The molecule has 1 saturated heterocycles. The van der Waals surface area contributed by atoms with E-state index in [2.05, 4.69) is 26.3 Å². The van der Waals surface area contributed by atoms with E-state index < -0.39 is 0 Å². The van der Waals surface area contributed by atoms with Crippen LogP contribution in [0.3, 0.4) is 0 Å². The van der Waals surface area contributed by atoms with Crippen molar-refractivity contribution in [2.75, 3.05) is 59.5 Å². The number of hydrazone groups is 1. The van der Waals surface area contributed by atoms with Gasteiger partial charge in [0.2, 0.25) is 5.91 Å². The third kappa shape index (κ3) is 6.29. The van der Waals surface area contributed by atoms with E-state index in [0.29, 0.717) is 38.4 Å². The molecular formula is C23H31N5O4S. The van der Waals surface area contributed by atoms with E-state index in [-0.39, 0.29) is 17.9 Å². The van der Waals surface area contributed by atoms with Crippen LogP contribution in [0.5, 0.6) is 0 Å². The second kappa shape index (κ2) is 11.6. The van der Waals surface area contributed by atoms with Crippen LogP contribution in [0.15, 0.2) is 45.4 Å². The minimum absolute atomic E-state index is 0.0145. The fourth-order valence-corrected chi connectivity index (χ4v) is 4.92. The monoisotopic (exact) mass is 473 g/mol. The average molecular weight is 474 g/mol. The van der Waals surface area contributed by atoms with Crippen LogP contribution < -0.4 is 5.32 Å². The summed E-state index contributed by atoms with van der Waals surface area (Å²) in [5.41, 5.74) is 0.799. The van der Waals surface area contributed by atoms with Crippen molar-refractivity contribution < 1.29 is 18.7 Å². The molecule has 2 amide bonds. The maximum absolute atomic E-state index is 13.2. The Labute approximate surface area is 198 Å². The van der Waals surface area contributed by atoms with Crippen molar-refractivity contribution in [3.05, 3.63) is 46.5 Å². The lowest BCUT2D eigenvalue weighted by molar-refractivity contribution is -0.135. The molecular weight excluding hydrogens is 442 g/mol. The SMILES string of the molecule is COCCCNC(=O)CN1CCN(CC(=O)N2N=C(c3ccco3)CC2c2cccs2)CC1. The van der Waals surface area contributed by atoms with Crippen LogP contribution in [-0.2, 0) is 14.3 Å². The molecule has 2 aromatic heterocycles. The summed E-state index contributed by atoms with van der Waals surface area (Å²) in [4.78, 5) is 30.7. The summed E-state index contributed by atoms with van der Waals surface area (Å²) < 4.78 is 10.5. The quantitative estimate of drug-likeness (QED) is 0.529. The number of amides is 2. The van der Waals surface area contributed by atoms with Crippen LogP contribution in [0.2, 0.25) is 0 Å². The second-order valence-electron chi connectivity index (χ2n) is 8.25. The van der Waals surface area contributed by atoms with Gasteiger partial charge >= 0.3 is 0 Å². The molecule has 33 heavy (non-hydrogen) atoms. The van der Waals surface area contributed by atoms with Crippen LogP contribution in [0.4, 0.5) is 0 Å². The molecule has 2 aliphatic heterocycles. The van der Waals surface area contributed by atoms with Crippen LogP contribution >= 0.6 is 11.3 Å². The zero-order chi connectivity index (χ0) is 23.0. The first-order valence-electron chi connectivity index (χ1n) is 11.3. The van der Waals surface area contributed by atoms with Crippen molar-refractivity contribution >= 4 is 28.9 Å². The van der Waals surface area contributed by atoms with E-state index in [1.54, 1.807) is 29.7 Å². The molecule has 0 bridgehead atoms. The molecule has 2 aliphatic rings. The average Bonchev–Trinajstić information content (AvgIpc) is 3.59. The Kier molecular flexibility index (Phi) is 8.27. The first-order valence-corrected chi connectivity index (χ1v) is 12.2. The fraction of sp³-hybridized carbons (Fsp3) is 0.522. The van der Waals surface area contributed by atoms with E-state index in [1.807, 2.05) is 23.6 Å². The summed E-state index contributed by atoms with van der Waals surface area (Å²) in [7, 11) is 1.66. The zero-order valence-corrected chi connectivity index (χ0v) is 19.8. The van der Waals surface area contributed by atoms with Crippen LogP contribution in [0, 0.1) is 0 Å². The van der Waals surface area contributed by atoms with Crippen molar-refractivity contribution in [1.82, 2.24) is 20.1 Å². The Morgan fingerprint density at radius 3 is 2.64 bits per heavy atom. The third-order valence-electron chi connectivity index (χ3n) is 5.88. The third-order valence-corrected chi connectivity index (χ3v) is 6.86. The summed E-state index contributed by atoms with van der Waals surface area (Å²) in [5.74, 6) is 0.728. The smallest absolute Gasteiger partial charge is 0.257 e. The molecule has 0 saturated carbocycles. The molecule has 4 rings (SSSR count). The predicted octanol–water partition coefficient (Wildman–Crippen LogP) is 1.79. The van der Waals surface area contributed by atoms with E-state index in [0.717, 1.165) is 43.2 Å². The molecule has 0 aliphatic carbocycles. The van der Waals surface area contributed by atoms with Crippen molar-refractivity contribution in [3.63, 3.8) is 0 Å².